The van der Waals surface area contributed by atoms with Gasteiger partial charge in [0.2, 0.25) is 0 Å². The molecule has 20 heavy (non-hydrogen) atoms. The first-order chi connectivity index (χ1) is 9.56. The van der Waals surface area contributed by atoms with Crippen LogP contribution in [0.2, 0.25) is 0 Å². The van der Waals surface area contributed by atoms with E-state index in [-0.39, 0.29) is 6.04 Å². The Labute approximate surface area is 119 Å². The normalized spacial score (nSPS) is 22.6. The lowest BCUT2D eigenvalue weighted by Gasteiger charge is -2.29. The molecule has 2 rings (SSSR count). The van der Waals surface area contributed by atoms with Gasteiger partial charge in [-0.05, 0) is 26.5 Å². The standard InChI is InChI=1S/C14H23N3O3/c1-4-16(13-9-20-8-12(13)14(18)19)7-11-6-10(3)15-17(11)5-2/h6,12-13H,4-5,7-9H2,1-3H3,(H,18,19). The van der Waals surface area contributed by atoms with E-state index in [9.17, 15) is 9.90 Å². The van der Waals surface area contributed by atoms with Gasteiger partial charge in [0.1, 0.15) is 0 Å². The fourth-order valence-electron chi connectivity index (χ4n) is 2.81. The molecule has 0 spiro atoms. The van der Waals surface area contributed by atoms with Crippen LogP contribution in [0.5, 0.6) is 0 Å². The molecule has 2 heterocycles. The third-order valence-electron chi connectivity index (χ3n) is 3.89. The molecule has 0 radical (unpaired) electrons. The Balaban J connectivity index is 2.14. The first-order valence-electron chi connectivity index (χ1n) is 7.14. The van der Waals surface area contributed by atoms with Gasteiger partial charge in [0, 0.05) is 19.1 Å². The first-order valence-corrected chi connectivity index (χ1v) is 7.14. The number of hydrogen-bond acceptors (Lipinski definition) is 4. The molecule has 6 nitrogen and oxygen atoms in total. The van der Waals surface area contributed by atoms with Crippen LogP contribution in [0.4, 0.5) is 0 Å². The molecule has 1 aliphatic rings. The molecule has 0 aliphatic carbocycles. The predicted molar refractivity (Wildman–Crippen MR) is 74.5 cm³/mol. The molecule has 1 aromatic heterocycles. The molecular formula is C14H23N3O3. The SMILES string of the molecule is CCN(Cc1cc(C)nn1CC)C1COCC1C(=O)O. The maximum atomic E-state index is 11.3. The number of rotatable bonds is 6. The topological polar surface area (TPSA) is 67.6 Å². The van der Waals surface area contributed by atoms with E-state index in [4.69, 9.17) is 4.74 Å². The van der Waals surface area contributed by atoms with Gasteiger partial charge in [-0.25, -0.2) is 0 Å². The molecule has 0 amide bonds. The van der Waals surface area contributed by atoms with Gasteiger partial charge < -0.3 is 9.84 Å². The van der Waals surface area contributed by atoms with Crippen molar-refractivity contribution in [3.8, 4) is 0 Å². The Morgan fingerprint density at radius 1 is 1.55 bits per heavy atom. The van der Waals surface area contributed by atoms with Crippen LogP contribution < -0.4 is 0 Å². The minimum atomic E-state index is -0.772. The van der Waals surface area contributed by atoms with Crippen LogP contribution in [0, 0.1) is 12.8 Å². The largest absolute Gasteiger partial charge is 0.481 e. The summed E-state index contributed by atoms with van der Waals surface area (Å²) in [7, 11) is 0. The molecule has 1 N–H and O–H groups in total. The molecule has 112 valence electrons. The van der Waals surface area contributed by atoms with Gasteiger partial charge in [0.15, 0.2) is 0 Å². The average Bonchev–Trinajstić information content (AvgIpc) is 3.02. The molecule has 1 aliphatic heterocycles. The van der Waals surface area contributed by atoms with Crippen LogP contribution in [0.25, 0.3) is 0 Å². The first kappa shape index (κ1) is 15.0. The fraction of sp³-hybridized carbons (Fsp3) is 0.714. The number of aromatic nitrogens is 2. The summed E-state index contributed by atoms with van der Waals surface area (Å²) in [6.07, 6.45) is 0. The fourth-order valence-corrected chi connectivity index (χ4v) is 2.81. The van der Waals surface area contributed by atoms with E-state index in [2.05, 4.69) is 29.9 Å². The van der Waals surface area contributed by atoms with Gasteiger partial charge in [-0.2, -0.15) is 5.10 Å². The van der Waals surface area contributed by atoms with E-state index < -0.39 is 11.9 Å². The van der Waals surface area contributed by atoms with Gasteiger partial charge in [-0.1, -0.05) is 6.92 Å². The quantitative estimate of drug-likeness (QED) is 0.846. The summed E-state index contributed by atoms with van der Waals surface area (Å²) in [5.74, 6) is -1.21. The minimum Gasteiger partial charge on any atom is -0.481 e. The van der Waals surface area contributed by atoms with E-state index in [1.54, 1.807) is 0 Å². The van der Waals surface area contributed by atoms with Gasteiger partial charge in [-0.15, -0.1) is 0 Å². The highest BCUT2D eigenvalue weighted by molar-refractivity contribution is 5.71. The maximum Gasteiger partial charge on any atom is 0.310 e. The van der Waals surface area contributed by atoms with Gasteiger partial charge in [-0.3, -0.25) is 14.4 Å². The van der Waals surface area contributed by atoms with Crippen molar-refractivity contribution in [1.82, 2.24) is 14.7 Å². The lowest BCUT2D eigenvalue weighted by Crippen LogP contribution is -2.43. The minimum absolute atomic E-state index is 0.0574. The summed E-state index contributed by atoms with van der Waals surface area (Å²) in [5, 5.41) is 13.7. The van der Waals surface area contributed by atoms with Crippen molar-refractivity contribution in [2.75, 3.05) is 19.8 Å². The molecule has 1 aromatic rings. The van der Waals surface area contributed by atoms with E-state index in [1.807, 2.05) is 11.6 Å². The summed E-state index contributed by atoms with van der Waals surface area (Å²) < 4.78 is 7.34. The second-order valence-corrected chi connectivity index (χ2v) is 5.21. The van der Waals surface area contributed by atoms with Crippen LogP contribution in [0.1, 0.15) is 25.2 Å². The maximum absolute atomic E-state index is 11.3. The summed E-state index contributed by atoms with van der Waals surface area (Å²) in [6, 6.07) is 2.01. The van der Waals surface area contributed by atoms with Gasteiger partial charge >= 0.3 is 5.97 Å². The highest BCUT2D eigenvalue weighted by atomic mass is 16.5. The third kappa shape index (κ3) is 3.02. The zero-order valence-corrected chi connectivity index (χ0v) is 12.4. The number of carbonyl (C=O) groups is 1. The van der Waals surface area contributed by atoms with Crippen molar-refractivity contribution >= 4 is 5.97 Å². The molecule has 6 heteroatoms. The molecule has 2 unspecified atom stereocenters. The zero-order valence-electron chi connectivity index (χ0n) is 12.4. The number of carboxylic acid groups (broad SMARTS) is 1. The molecular weight excluding hydrogens is 258 g/mol. The number of nitrogens with zero attached hydrogens (tertiary/aromatic N) is 3. The summed E-state index contributed by atoms with van der Waals surface area (Å²) in [4.78, 5) is 13.5. The van der Waals surface area contributed by atoms with Crippen LogP contribution in [0.3, 0.4) is 0 Å². The average molecular weight is 281 g/mol. The molecule has 0 bridgehead atoms. The summed E-state index contributed by atoms with van der Waals surface area (Å²) in [5.41, 5.74) is 2.12. The van der Waals surface area contributed by atoms with Crippen LogP contribution >= 0.6 is 0 Å². The number of carboxylic acids is 1. The van der Waals surface area contributed by atoms with Crippen LogP contribution in [-0.2, 0) is 22.6 Å². The van der Waals surface area contributed by atoms with Crippen LogP contribution in [-0.4, -0.2) is 51.6 Å². The number of likely N-dealkylation sites (N-methyl/N-ethyl adjacent to an activating group) is 1. The van der Waals surface area contributed by atoms with Crippen molar-refractivity contribution in [3.63, 3.8) is 0 Å². The monoisotopic (exact) mass is 281 g/mol. The predicted octanol–water partition coefficient (Wildman–Crippen LogP) is 1.13. The molecule has 0 saturated carbocycles. The smallest absolute Gasteiger partial charge is 0.310 e. The number of ether oxygens (including phenoxy) is 1. The third-order valence-corrected chi connectivity index (χ3v) is 3.89. The van der Waals surface area contributed by atoms with E-state index >= 15 is 0 Å². The van der Waals surface area contributed by atoms with Crippen molar-refractivity contribution < 1.29 is 14.6 Å². The Hall–Kier alpha value is -1.40. The number of hydrogen-bond donors (Lipinski definition) is 1. The highest BCUT2D eigenvalue weighted by Gasteiger charge is 2.37. The Bertz CT molecular complexity index is 472. The van der Waals surface area contributed by atoms with Gasteiger partial charge in [0.25, 0.3) is 0 Å². The van der Waals surface area contributed by atoms with Gasteiger partial charge in [0.05, 0.1) is 30.5 Å². The summed E-state index contributed by atoms with van der Waals surface area (Å²) >= 11 is 0. The zero-order chi connectivity index (χ0) is 14.7. The second kappa shape index (κ2) is 6.37. The molecule has 1 saturated heterocycles. The molecule has 2 atom stereocenters. The van der Waals surface area contributed by atoms with Crippen molar-refractivity contribution in [2.45, 2.75) is 39.9 Å². The lowest BCUT2D eigenvalue weighted by atomic mass is 10.0. The Kier molecular flexibility index (Phi) is 4.77. The van der Waals surface area contributed by atoms with E-state index in [0.717, 1.165) is 24.5 Å². The Morgan fingerprint density at radius 2 is 2.30 bits per heavy atom. The molecule has 0 aromatic carbocycles. The number of aliphatic carboxylic acids is 1. The van der Waals surface area contributed by atoms with Crippen molar-refractivity contribution in [3.05, 3.63) is 17.5 Å². The van der Waals surface area contributed by atoms with Crippen molar-refractivity contribution in [1.29, 1.82) is 0 Å². The van der Waals surface area contributed by atoms with Crippen LogP contribution in [0.15, 0.2) is 6.07 Å². The lowest BCUT2D eigenvalue weighted by molar-refractivity contribution is -0.143. The Morgan fingerprint density at radius 3 is 2.90 bits per heavy atom. The summed E-state index contributed by atoms with van der Waals surface area (Å²) in [6.45, 7) is 9.22. The highest BCUT2D eigenvalue weighted by Crippen LogP contribution is 2.22. The van der Waals surface area contributed by atoms with Crippen molar-refractivity contribution in [2.24, 2.45) is 5.92 Å². The number of aryl methyl sites for hydroxylation is 2. The second-order valence-electron chi connectivity index (χ2n) is 5.21. The molecule has 1 fully saturated rings. The van der Waals surface area contributed by atoms with E-state index in [1.165, 1.54) is 0 Å². The van der Waals surface area contributed by atoms with E-state index in [0.29, 0.717) is 19.8 Å².